The lowest BCUT2D eigenvalue weighted by Crippen LogP contribution is -2.11. The Hall–Kier alpha value is -1.98. The fourth-order valence-electron chi connectivity index (χ4n) is 1.82. The van der Waals surface area contributed by atoms with Gasteiger partial charge in [-0.3, -0.25) is 4.79 Å². The van der Waals surface area contributed by atoms with Crippen molar-refractivity contribution in [1.29, 1.82) is 0 Å². The van der Waals surface area contributed by atoms with E-state index in [0.717, 1.165) is 19.9 Å². The standard InChI is InChI=1S/C14H10N2OS2/c17-13(15-10-4-2-1-3-5-10)9-6-7-12-11(8-9)16-14(18)19-12/h1-8H,(H,15,17)(H,16,18). The number of para-hydroxylation sites is 1. The molecule has 2 N–H and O–H groups in total. The van der Waals surface area contributed by atoms with E-state index in [1.165, 1.54) is 11.3 Å². The zero-order chi connectivity index (χ0) is 13.2. The van der Waals surface area contributed by atoms with Gasteiger partial charge >= 0.3 is 0 Å². The Morgan fingerprint density at radius 2 is 1.95 bits per heavy atom. The Kier molecular flexibility index (Phi) is 3.15. The molecule has 0 saturated heterocycles. The summed E-state index contributed by atoms with van der Waals surface area (Å²) >= 11 is 6.59. The lowest BCUT2D eigenvalue weighted by Gasteiger charge is -2.04. The largest absolute Gasteiger partial charge is 0.337 e. The topological polar surface area (TPSA) is 44.9 Å². The van der Waals surface area contributed by atoms with Crippen LogP contribution in [0.25, 0.3) is 10.2 Å². The molecule has 19 heavy (non-hydrogen) atoms. The highest BCUT2D eigenvalue weighted by Gasteiger charge is 2.07. The summed E-state index contributed by atoms with van der Waals surface area (Å²) in [6.45, 7) is 0. The molecule has 0 bridgehead atoms. The number of aromatic nitrogens is 1. The Labute approximate surface area is 118 Å². The third-order valence-corrected chi connectivity index (χ3v) is 3.93. The number of benzene rings is 2. The van der Waals surface area contributed by atoms with E-state index in [2.05, 4.69) is 10.3 Å². The van der Waals surface area contributed by atoms with E-state index in [-0.39, 0.29) is 5.91 Å². The number of aromatic amines is 1. The minimum absolute atomic E-state index is 0.126. The van der Waals surface area contributed by atoms with Crippen LogP contribution in [0.15, 0.2) is 48.5 Å². The summed E-state index contributed by atoms with van der Waals surface area (Å²) in [4.78, 5) is 15.2. The maximum Gasteiger partial charge on any atom is 0.255 e. The molecule has 0 fully saturated rings. The lowest BCUT2D eigenvalue weighted by molar-refractivity contribution is 0.102. The van der Waals surface area contributed by atoms with E-state index < -0.39 is 0 Å². The number of nitrogens with one attached hydrogen (secondary N) is 2. The molecule has 0 aliphatic heterocycles. The number of thiazole rings is 1. The minimum Gasteiger partial charge on any atom is -0.337 e. The summed E-state index contributed by atoms with van der Waals surface area (Å²) < 4.78 is 1.77. The number of H-pyrrole nitrogens is 1. The molecule has 0 saturated carbocycles. The van der Waals surface area contributed by atoms with Crippen molar-refractivity contribution in [3.05, 3.63) is 58.0 Å². The fourth-order valence-corrected chi connectivity index (χ4v) is 2.91. The number of carbonyl (C=O) groups excluding carboxylic acids is 1. The van der Waals surface area contributed by atoms with E-state index in [9.17, 15) is 4.79 Å². The zero-order valence-electron chi connectivity index (χ0n) is 9.84. The fraction of sp³-hybridized carbons (Fsp3) is 0. The Bertz CT molecular complexity index is 790. The Morgan fingerprint density at radius 1 is 1.16 bits per heavy atom. The van der Waals surface area contributed by atoms with Crippen LogP contribution in [0.3, 0.4) is 0 Å². The average molecular weight is 286 g/mol. The first-order chi connectivity index (χ1) is 9.22. The summed E-state index contributed by atoms with van der Waals surface area (Å²) in [5.41, 5.74) is 2.29. The Balaban J connectivity index is 1.91. The third kappa shape index (κ3) is 2.57. The van der Waals surface area contributed by atoms with Gasteiger partial charge in [-0.25, -0.2) is 0 Å². The molecule has 0 unspecified atom stereocenters. The molecule has 1 heterocycles. The first-order valence-electron chi connectivity index (χ1n) is 5.72. The predicted octanol–water partition coefficient (Wildman–Crippen LogP) is 4.21. The molecule has 0 atom stereocenters. The van der Waals surface area contributed by atoms with Crippen LogP contribution in [-0.2, 0) is 0 Å². The number of anilines is 1. The summed E-state index contributed by atoms with van der Waals surface area (Å²) in [7, 11) is 0. The van der Waals surface area contributed by atoms with E-state index in [1.807, 2.05) is 42.5 Å². The van der Waals surface area contributed by atoms with Crippen LogP contribution >= 0.6 is 23.6 Å². The first-order valence-corrected chi connectivity index (χ1v) is 6.94. The molecule has 5 heteroatoms. The number of hydrogen-bond donors (Lipinski definition) is 2. The van der Waals surface area contributed by atoms with Gasteiger partial charge in [0.1, 0.15) is 0 Å². The van der Waals surface area contributed by atoms with Gasteiger partial charge in [0.25, 0.3) is 5.91 Å². The summed E-state index contributed by atoms with van der Waals surface area (Å²) in [5.74, 6) is -0.126. The van der Waals surface area contributed by atoms with E-state index in [1.54, 1.807) is 6.07 Å². The minimum atomic E-state index is -0.126. The number of amides is 1. The molecular formula is C14H10N2OS2. The van der Waals surface area contributed by atoms with Gasteiger partial charge in [0.05, 0.1) is 10.2 Å². The van der Waals surface area contributed by atoms with Crippen LogP contribution in [0.1, 0.15) is 10.4 Å². The van der Waals surface area contributed by atoms with Gasteiger partial charge in [-0.15, -0.1) is 11.3 Å². The highest BCUT2D eigenvalue weighted by Crippen LogP contribution is 2.21. The van der Waals surface area contributed by atoms with Gasteiger partial charge in [0.2, 0.25) is 0 Å². The van der Waals surface area contributed by atoms with Gasteiger partial charge in [0, 0.05) is 11.3 Å². The maximum absolute atomic E-state index is 12.1. The van der Waals surface area contributed by atoms with E-state index in [4.69, 9.17) is 12.2 Å². The van der Waals surface area contributed by atoms with Crippen LogP contribution in [-0.4, -0.2) is 10.9 Å². The number of carbonyl (C=O) groups is 1. The third-order valence-electron chi connectivity index (χ3n) is 2.71. The number of rotatable bonds is 2. The molecule has 1 amide bonds. The van der Waals surface area contributed by atoms with Crippen LogP contribution in [0.2, 0.25) is 0 Å². The Morgan fingerprint density at radius 3 is 2.74 bits per heavy atom. The van der Waals surface area contributed by atoms with Crippen molar-refractivity contribution in [1.82, 2.24) is 4.98 Å². The molecule has 0 aliphatic rings. The summed E-state index contributed by atoms with van der Waals surface area (Å²) in [6.07, 6.45) is 0. The van der Waals surface area contributed by atoms with E-state index in [0.29, 0.717) is 5.56 Å². The van der Waals surface area contributed by atoms with E-state index >= 15 is 0 Å². The molecule has 0 radical (unpaired) electrons. The van der Waals surface area contributed by atoms with Crippen molar-refractivity contribution >= 4 is 45.4 Å². The average Bonchev–Trinajstić information content (AvgIpc) is 2.78. The van der Waals surface area contributed by atoms with Gasteiger partial charge < -0.3 is 10.3 Å². The molecule has 1 aromatic heterocycles. The second kappa shape index (κ2) is 4.95. The monoisotopic (exact) mass is 286 g/mol. The molecule has 0 spiro atoms. The van der Waals surface area contributed by atoms with Gasteiger partial charge in [-0.1, -0.05) is 18.2 Å². The SMILES string of the molecule is O=C(Nc1ccccc1)c1ccc2sc(=S)[nH]c2c1. The normalized spacial score (nSPS) is 10.5. The maximum atomic E-state index is 12.1. The highest BCUT2D eigenvalue weighted by molar-refractivity contribution is 7.73. The van der Waals surface area contributed by atoms with Crippen molar-refractivity contribution in [3.8, 4) is 0 Å². The molecule has 3 aromatic rings. The molecule has 0 aliphatic carbocycles. The lowest BCUT2D eigenvalue weighted by atomic mass is 10.2. The molecule has 3 nitrogen and oxygen atoms in total. The molecule has 94 valence electrons. The smallest absolute Gasteiger partial charge is 0.255 e. The van der Waals surface area contributed by atoms with Crippen molar-refractivity contribution in [2.75, 3.05) is 5.32 Å². The van der Waals surface area contributed by atoms with Crippen molar-refractivity contribution in [2.45, 2.75) is 0 Å². The number of hydrogen-bond acceptors (Lipinski definition) is 3. The second-order valence-corrected chi connectivity index (χ2v) is 5.76. The quantitative estimate of drug-likeness (QED) is 0.693. The van der Waals surface area contributed by atoms with Crippen molar-refractivity contribution in [2.24, 2.45) is 0 Å². The summed E-state index contributed by atoms with van der Waals surface area (Å²) in [5, 5.41) is 2.85. The zero-order valence-corrected chi connectivity index (χ0v) is 11.5. The van der Waals surface area contributed by atoms with Crippen LogP contribution in [0, 0.1) is 3.95 Å². The highest BCUT2D eigenvalue weighted by atomic mass is 32.1. The van der Waals surface area contributed by atoms with Crippen LogP contribution in [0.5, 0.6) is 0 Å². The molecular weight excluding hydrogens is 276 g/mol. The van der Waals surface area contributed by atoms with Gasteiger partial charge in [-0.05, 0) is 42.5 Å². The van der Waals surface area contributed by atoms with Crippen molar-refractivity contribution < 1.29 is 4.79 Å². The second-order valence-electron chi connectivity index (χ2n) is 4.05. The summed E-state index contributed by atoms with van der Waals surface area (Å²) in [6, 6.07) is 14.9. The first kappa shape index (κ1) is 12.1. The van der Waals surface area contributed by atoms with Gasteiger partial charge in [-0.2, -0.15) is 0 Å². The van der Waals surface area contributed by atoms with Crippen LogP contribution in [0.4, 0.5) is 5.69 Å². The molecule has 3 rings (SSSR count). The van der Waals surface area contributed by atoms with Gasteiger partial charge in [0.15, 0.2) is 3.95 Å². The van der Waals surface area contributed by atoms with Crippen LogP contribution < -0.4 is 5.32 Å². The predicted molar refractivity (Wildman–Crippen MR) is 81.4 cm³/mol. The number of fused-ring (bicyclic) bond motifs is 1. The molecule has 2 aromatic carbocycles. The van der Waals surface area contributed by atoms with Crippen molar-refractivity contribution in [3.63, 3.8) is 0 Å².